The Hall–Kier alpha value is -2.34. The molecule has 0 saturated carbocycles. The molecule has 0 radical (unpaired) electrons. The molecule has 1 aromatic carbocycles. The van der Waals surface area contributed by atoms with E-state index < -0.39 is 11.9 Å². The SMILES string of the molecule is O=C(CCc1ccc(C(F)(F)F)nc1)N1CCC2=C(Cc3ccc(Cl)cc32)C1. The predicted octanol–water partition coefficient (Wildman–Crippen LogP) is 4.93. The summed E-state index contributed by atoms with van der Waals surface area (Å²) in [6.45, 7) is 1.25. The van der Waals surface area contributed by atoms with Crippen LogP contribution in [0.15, 0.2) is 42.1 Å². The maximum absolute atomic E-state index is 12.6. The maximum Gasteiger partial charge on any atom is 0.433 e. The summed E-state index contributed by atoms with van der Waals surface area (Å²) in [7, 11) is 0. The fourth-order valence-corrected chi connectivity index (χ4v) is 4.06. The lowest BCUT2D eigenvalue weighted by Gasteiger charge is -2.29. The van der Waals surface area contributed by atoms with Crippen LogP contribution in [0, 0.1) is 0 Å². The van der Waals surface area contributed by atoms with Crippen LogP contribution in [0.5, 0.6) is 0 Å². The molecule has 1 aliphatic heterocycles. The van der Waals surface area contributed by atoms with E-state index in [1.54, 1.807) is 0 Å². The van der Waals surface area contributed by atoms with E-state index >= 15 is 0 Å². The number of amides is 1. The maximum atomic E-state index is 12.6. The van der Waals surface area contributed by atoms with Gasteiger partial charge in [-0.3, -0.25) is 9.78 Å². The van der Waals surface area contributed by atoms with E-state index in [2.05, 4.69) is 4.98 Å². The lowest BCUT2D eigenvalue weighted by molar-refractivity contribution is -0.141. The Morgan fingerprint density at radius 3 is 2.75 bits per heavy atom. The van der Waals surface area contributed by atoms with Crippen molar-refractivity contribution >= 4 is 23.1 Å². The molecule has 0 N–H and O–H groups in total. The average Bonchev–Trinajstić information content (AvgIpc) is 3.02. The minimum absolute atomic E-state index is 0.0143. The number of benzene rings is 1. The van der Waals surface area contributed by atoms with Crippen molar-refractivity contribution in [2.24, 2.45) is 0 Å². The van der Waals surface area contributed by atoms with Crippen LogP contribution in [0.3, 0.4) is 0 Å². The summed E-state index contributed by atoms with van der Waals surface area (Å²) in [5, 5.41) is 0.719. The molecule has 0 fully saturated rings. The van der Waals surface area contributed by atoms with Gasteiger partial charge in [-0.25, -0.2) is 0 Å². The topological polar surface area (TPSA) is 33.2 Å². The van der Waals surface area contributed by atoms with Crippen LogP contribution < -0.4 is 0 Å². The second kappa shape index (κ2) is 7.24. The molecule has 3 nitrogen and oxygen atoms in total. The lowest BCUT2D eigenvalue weighted by Crippen LogP contribution is -2.36. The average molecular weight is 407 g/mol. The van der Waals surface area contributed by atoms with Gasteiger partial charge in [-0.15, -0.1) is 0 Å². The van der Waals surface area contributed by atoms with Crippen LogP contribution >= 0.6 is 11.6 Å². The highest BCUT2D eigenvalue weighted by atomic mass is 35.5. The number of halogens is 4. The van der Waals surface area contributed by atoms with Crippen LogP contribution in [0.25, 0.3) is 5.57 Å². The predicted molar refractivity (Wildman–Crippen MR) is 101 cm³/mol. The van der Waals surface area contributed by atoms with E-state index in [9.17, 15) is 18.0 Å². The van der Waals surface area contributed by atoms with Crippen molar-refractivity contribution in [2.45, 2.75) is 31.9 Å². The fraction of sp³-hybridized carbons (Fsp3) is 0.333. The molecule has 0 bridgehead atoms. The largest absolute Gasteiger partial charge is 0.433 e. The third-order valence-corrected chi connectivity index (χ3v) is 5.57. The molecule has 0 saturated heterocycles. The van der Waals surface area contributed by atoms with Gasteiger partial charge in [-0.05, 0) is 65.3 Å². The van der Waals surface area contributed by atoms with E-state index in [1.807, 2.05) is 23.1 Å². The summed E-state index contributed by atoms with van der Waals surface area (Å²) < 4.78 is 37.7. The van der Waals surface area contributed by atoms with Gasteiger partial charge in [0.1, 0.15) is 5.69 Å². The zero-order valence-electron chi connectivity index (χ0n) is 15.0. The summed E-state index contributed by atoms with van der Waals surface area (Å²) in [6.07, 6.45) is -0.970. The van der Waals surface area contributed by atoms with Gasteiger partial charge in [0.15, 0.2) is 0 Å². The molecular formula is C21H18ClF3N2O. The number of aryl methyl sites for hydroxylation is 1. The van der Waals surface area contributed by atoms with Crippen molar-refractivity contribution in [1.82, 2.24) is 9.88 Å². The number of carbonyl (C=O) groups is 1. The molecule has 0 unspecified atom stereocenters. The van der Waals surface area contributed by atoms with E-state index in [4.69, 9.17) is 11.6 Å². The van der Waals surface area contributed by atoms with Crippen LogP contribution in [0.1, 0.15) is 35.2 Å². The van der Waals surface area contributed by atoms with Crippen molar-refractivity contribution in [2.75, 3.05) is 13.1 Å². The Morgan fingerprint density at radius 2 is 2.04 bits per heavy atom. The summed E-state index contributed by atoms with van der Waals surface area (Å²) in [4.78, 5) is 17.9. The number of hydrogen-bond acceptors (Lipinski definition) is 2. The molecule has 1 aliphatic carbocycles. The third kappa shape index (κ3) is 3.78. The standard InChI is InChI=1S/C21H18ClF3N2O/c22-16-4-3-14-9-15-12-27(8-7-17(15)18(14)10-16)20(28)6-2-13-1-5-19(26-11-13)21(23,24)25/h1,3-5,10-11H,2,6-9,12H2. The number of hydrogen-bond donors (Lipinski definition) is 0. The molecule has 0 spiro atoms. The lowest BCUT2D eigenvalue weighted by atomic mass is 9.98. The Morgan fingerprint density at radius 1 is 1.21 bits per heavy atom. The highest BCUT2D eigenvalue weighted by molar-refractivity contribution is 6.30. The summed E-state index contributed by atoms with van der Waals surface area (Å²) >= 11 is 6.11. The second-order valence-electron chi connectivity index (χ2n) is 7.18. The van der Waals surface area contributed by atoms with Gasteiger partial charge in [0.25, 0.3) is 0 Å². The van der Waals surface area contributed by atoms with E-state index in [-0.39, 0.29) is 12.3 Å². The van der Waals surface area contributed by atoms with Crippen molar-refractivity contribution in [1.29, 1.82) is 0 Å². The second-order valence-corrected chi connectivity index (χ2v) is 7.61. The van der Waals surface area contributed by atoms with Crippen molar-refractivity contribution < 1.29 is 18.0 Å². The van der Waals surface area contributed by atoms with E-state index in [0.717, 1.165) is 23.9 Å². The molecule has 1 aromatic heterocycles. The van der Waals surface area contributed by atoms with Crippen LogP contribution in [-0.4, -0.2) is 28.9 Å². The van der Waals surface area contributed by atoms with Gasteiger partial charge < -0.3 is 4.90 Å². The summed E-state index contributed by atoms with van der Waals surface area (Å²) in [5.74, 6) is 0.0143. The third-order valence-electron chi connectivity index (χ3n) is 5.34. The number of alkyl halides is 3. The van der Waals surface area contributed by atoms with Gasteiger partial charge in [-0.1, -0.05) is 23.7 Å². The number of nitrogens with zero attached hydrogens (tertiary/aromatic N) is 2. The highest BCUT2D eigenvalue weighted by Crippen LogP contribution is 2.39. The number of fused-ring (bicyclic) bond motifs is 2. The van der Waals surface area contributed by atoms with Crippen molar-refractivity contribution in [3.63, 3.8) is 0 Å². The monoisotopic (exact) mass is 406 g/mol. The number of carbonyl (C=O) groups excluding carboxylic acids is 1. The first-order chi connectivity index (χ1) is 13.3. The van der Waals surface area contributed by atoms with Gasteiger partial charge in [0, 0.05) is 30.7 Å². The molecule has 0 atom stereocenters. The Kier molecular flexibility index (Phi) is 4.91. The van der Waals surface area contributed by atoms with Crippen LogP contribution in [0.2, 0.25) is 5.02 Å². The molecule has 1 amide bonds. The number of aromatic nitrogens is 1. The molecule has 7 heteroatoms. The smallest absolute Gasteiger partial charge is 0.338 e. The fourth-order valence-electron chi connectivity index (χ4n) is 3.89. The Balaban J connectivity index is 1.36. The zero-order valence-corrected chi connectivity index (χ0v) is 15.8. The summed E-state index contributed by atoms with van der Waals surface area (Å²) in [6, 6.07) is 8.27. The molecule has 4 rings (SSSR count). The molecule has 2 aromatic rings. The van der Waals surface area contributed by atoms with Crippen molar-refractivity contribution in [3.05, 3.63) is 69.5 Å². The molecule has 2 heterocycles. The molecule has 28 heavy (non-hydrogen) atoms. The number of pyridine rings is 1. The minimum atomic E-state index is -4.45. The summed E-state index contributed by atoms with van der Waals surface area (Å²) in [5.41, 5.74) is 4.71. The van der Waals surface area contributed by atoms with E-state index in [0.29, 0.717) is 25.1 Å². The normalized spacial score (nSPS) is 16.2. The minimum Gasteiger partial charge on any atom is -0.338 e. The van der Waals surface area contributed by atoms with Gasteiger partial charge in [0.2, 0.25) is 5.91 Å². The molecule has 146 valence electrons. The Bertz CT molecular complexity index is 951. The zero-order chi connectivity index (χ0) is 19.9. The number of rotatable bonds is 3. The Labute approximate surface area is 165 Å². The van der Waals surface area contributed by atoms with Gasteiger partial charge in [-0.2, -0.15) is 13.2 Å². The van der Waals surface area contributed by atoms with Gasteiger partial charge >= 0.3 is 6.18 Å². The van der Waals surface area contributed by atoms with Crippen molar-refractivity contribution in [3.8, 4) is 0 Å². The quantitative estimate of drug-likeness (QED) is 0.724. The van der Waals surface area contributed by atoms with Crippen LogP contribution in [0.4, 0.5) is 13.2 Å². The first kappa shape index (κ1) is 19.0. The molecule has 2 aliphatic rings. The highest BCUT2D eigenvalue weighted by Gasteiger charge is 2.32. The molecular weight excluding hydrogens is 389 g/mol. The van der Waals surface area contributed by atoms with Gasteiger partial charge in [0.05, 0.1) is 0 Å². The first-order valence-corrected chi connectivity index (χ1v) is 9.48. The first-order valence-electron chi connectivity index (χ1n) is 9.11. The van der Waals surface area contributed by atoms with E-state index in [1.165, 1.54) is 34.5 Å². The van der Waals surface area contributed by atoms with Crippen LogP contribution in [-0.2, 0) is 23.8 Å².